The standard InChI is InChI=1S/C16H16FN5O3/c17-12-3-1-4-13(14(12)22(24)25)21-9-5-11(6-10-21)15(23)20-16-18-7-2-8-19-16/h1-4,7-8,11H,5-6,9-10H2,(H,18,19,20,23). The minimum Gasteiger partial charge on any atom is -0.366 e. The number of benzene rings is 1. The van der Waals surface area contributed by atoms with E-state index in [1.54, 1.807) is 11.0 Å². The van der Waals surface area contributed by atoms with Crippen molar-refractivity contribution in [2.75, 3.05) is 23.3 Å². The number of piperidine rings is 1. The molecule has 130 valence electrons. The van der Waals surface area contributed by atoms with Gasteiger partial charge in [0.15, 0.2) is 0 Å². The first kappa shape index (κ1) is 16.7. The average Bonchev–Trinajstić information content (AvgIpc) is 2.62. The lowest BCUT2D eigenvalue weighted by Gasteiger charge is -2.32. The van der Waals surface area contributed by atoms with Crippen LogP contribution >= 0.6 is 0 Å². The SMILES string of the molecule is O=C(Nc1ncccn1)C1CCN(c2cccc(F)c2[N+](=O)[O-])CC1. The Balaban J connectivity index is 1.65. The average molecular weight is 345 g/mol. The highest BCUT2D eigenvalue weighted by Crippen LogP contribution is 2.33. The summed E-state index contributed by atoms with van der Waals surface area (Å²) in [6, 6.07) is 5.70. The van der Waals surface area contributed by atoms with Crippen molar-refractivity contribution in [1.29, 1.82) is 0 Å². The number of hydrogen-bond donors (Lipinski definition) is 1. The highest BCUT2D eigenvalue weighted by Gasteiger charge is 2.30. The molecular weight excluding hydrogens is 329 g/mol. The predicted molar refractivity (Wildman–Crippen MR) is 88.7 cm³/mol. The summed E-state index contributed by atoms with van der Waals surface area (Å²) in [4.78, 5) is 32.3. The van der Waals surface area contributed by atoms with E-state index in [0.29, 0.717) is 25.9 Å². The topological polar surface area (TPSA) is 101 Å². The minimum absolute atomic E-state index is 0.181. The Morgan fingerprint density at radius 2 is 1.92 bits per heavy atom. The molecule has 1 aromatic carbocycles. The molecule has 0 radical (unpaired) electrons. The maximum absolute atomic E-state index is 13.8. The van der Waals surface area contributed by atoms with Gasteiger partial charge in [-0.05, 0) is 31.0 Å². The zero-order chi connectivity index (χ0) is 17.8. The molecule has 1 aromatic heterocycles. The van der Waals surface area contributed by atoms with Gasteiger partial charge in [0.25, 0.3) is 0 Å². The van der Waals surface area contributed by atoms with E-state index in [-0.39, 0.29) is 23.5 Å². The number of nitrogens with zero attached hydrogens (tertiary/aromatic N) is 4. The molecule has 0 atom stereocenters. The van der Waals surface area contributed by atoms with E-state index < -0.39 is 16.4 Å². The van der Waals surface area contributed by atoms with Crippen molar-refractivity contribution < 1.29 is 14.1 Å². The van der Waals surface area contributed by atoms with Crippen molar-refractivity contribution in [3.05, 3.63) is 52.6 Å². The highest BCUT2D eigenvalue weighted by atomic mass is 19.1. The first-order chi connectivity index (χ1) is 12.1. The lowest BCUT2D eigenvalue weighted by Crippen LogP contribution is -2.38. The Kier molecular flexibility index (Phi) is 4.82. The number of para-hydroxylation sites is 1. The van der Waals surface area contributed by atoms with E-state index in [1.807, 2.05) is 0 Å². The van der Waals surface area contributed by atoms with Gasteiger partial charge >= 0.3 is 5.69 Å². The van der Waals surface area contributed by atoms with Gasteiger partial charge < -0.3 is 4.90 Å². The van der Waals surface area contributed by atoms with E-state index in [1.165, 1.54) is 24.5 Å². The molecule has 0 unspecified atom stereocenters. The van der Waals surface area contributed by atoms with Crippen LogP contribution in [0.5, 0.6) is 0 Å². The second kappa shape index (κ2) is 7.20. The van der Waals surface area contributed by atoms with Crippen molar-refractivity contribution in [2.45, 2.75) is 12.8 Å². The number of nitro benzene ring substituents is 1. The molecule has 8 nitrogen and oxygen atoms in total. The van der Waals surface area contributed by atoms with E-state index in [9.17, 15) is 19.3 Å². The van der Waals surface area contributed by atoms with E-state index in [4.69, 9.17) is 0 Å². The zero-order valence-corrected chi connectivity index (χ0v) is 13.3. The van der Waals surface area contributed by atoms with Crippen LogP contribution in [0.15, 0.2) is 36.7 Å². The Labute approximate surface area is 142 Å². The molecule has 1 saturated heterocycles. The van der Waals surface area contributed by atoms with Crippen LogP contribution in [0.3, 0.4) is 0 Å². The molecule has 0 spiro atoms. The number of aromatic nitrogens is 2. The molecule has 2 heterocycles. The largest absolute Gasteiger partial charge is 0.366 e. The van der Waals surface area contributed by atoms with E-state index in [0.717, 1.165) is 6.07 Å². The molecule has 1 aliphatic rings. The molecule has 0 aliphatic carbocycles. The van der Waals surface area contributed by atoms with Crippen molar-refractivity contribution in [3.63, 3.8) is 0 Å². The van der Waals surface area contributed by atoms with Crippen LogP contribution in [0.1, 0.15) is 12.8 Å². The molecule has 3 rings (SSSR count). The summed E-state index contributed by atoms with van der Waals surface area (Å²) in [5.74, 6) is -1.04. The minimum atomic E-state index is -0.858. The van der Waals surface area contributed by atoms with Gasteiger partial charge in [0.1, 0.15) is 5.69 Å². The molecule has 1 aliphatic heterocycles. The van der Waals surface area contributed by atoms with Gasteiger partial charge in [0.2, 0.25) is 17.7 Å². The fourth-order valence-corrected chi connectivity index (χ4v) is 2.90. The lowest BCUT2D eigenvalue weighted by atomic mass is 9.95. The summed E-state index contributed by atoms with van der Waals surface area (Å²) in [6.07, 6.45) is 4.08. The van der Waals surface area contributed by atoms with Gasteiger partial charge in [-0.1, -0.05) is 6.07 Å². The third kappa shape index (κ3) is 3.70. The molecule has 25 heavy (non-hydrogen) atoms. The van der Waals surface area contributed by atoms with Crippen molar-refractivity contribution in [3.8, 4) is 0 Å². The van der Waals surface area contributed by atoms with Crippen LogP contribution in [-0.4, -0.2) is 33.9 Å². The Morgan fingerprint density at radius 3 is 2.56 bits per heavy atom. The van der Waals surface area contributed by atoms with Crippen LogP contribution in [0, 0.1) is 21.8 Å². The normalized spacial score (nSPS) is 15.0. The summed E-state index contributed by atoms with van der Waals surface area (Å²) in [5.41, 5.74) is -0.279. The summed E-state index contributed by atoms with van der Waals surface area (Å²) in [5, 5.41) is 13.8. The lowest BCUT2D eigenvalue weighted by molar-refractivity contribution is -0.386. The zero-order valence-electron chi connectivity index (χ0n) is 13.3. The summed E-state index contributed by atoms with van der Waals surface area (Å²) >= 11 is 0. The Morgan fingerprint density at radius 1 is 1.24 bits per heavy atom. The van der Waals surface area contributed by atoms with Crippen molar-refractivity contribution >= 4 is 23.2 Å². The van der Waals surface area contributed by atoms with Crippen LogP contribution in [0.4, 0.5) is 21.7 Å². The predicted octanol–water partition coefficient (Wildman–Crippen LogP) is 2.38. The monoisotopic (exact) mass is 345 g/mol. The number of amides is 1. The van der Waals surface area contributed by atoms with Gasteiger partial charge in [0.05, 0.1) is 4.92 Å². The highest BCUT2D eigenvalue weighted by molar-refractivity contribution is 5.91. The third-order valence-corrected chi connectivity index (χ3v) is 4.16. The van der Waals surface area contributed by atoms with E-state index >= 15 is 0 Å². The molecule has 1 amide bonds. The van der Waals surface area contributed by atoms with Gasteiger partial charge in [-0.15, -0.1) is 0 Å². The number of anilines is 2. The molecule has 0 bridgehead atoms. The van der Waals surface area contributed by atoms with E-state index in [2.05, 4.69) is 15.3 Å². The third-order valence-electron chi connectivity index (χ3n) is 4.16. The number of hydrogen-bond acceptors (Lipinski definition) is 6. The molecule has 1 N–H and O–H groups in total. The molecule has 9 heteroatoms. The summed E-state index contributed by atoms with van der Waals surface area (Å²) in [7, 11) is 0. The number of carbonyl (C=O) groups excluding carboxylic acids is 1. The smallest absolute Gasteiger partial charge is 0.327 e. The Hall–Kier alpha value is -3.10. The maximum atomic E-state index is 13.8. The second-order valence-corrected chi connectivity index (χ2v) is 5.69. The van der Waals surface area contributed by atoms with Gasteiger partial charge in [0, 0.05) is 31.4 Å². The number of halogens is 1. The molecule has 0 saturated carbocycles. The first-order valence-corrected chi connectivity index (χ1v) is 7.82. The van der Waals surface area contributed by atoms with Crippen molar-refractivity contribution in [2.24, 2.45) is 5.92 Å². The Bertz CT molecular complexity index is 779. The molecular formula is C16H16FN5O3. The van der Waals surface area contributed by atoms with Gasteiger partial charge in [-0.3, -0.25) is 20.2 Å². The molecule has 1 fully saturated rings. The number of carbonyl (C=O) groups is 1. The second-order valence-electron chi connectivity index (χ2n) is 5.69. The van der Waals surface area contributed by atoms with Crippen LogP contribution in [0.2, 0.25) is 0 Å². The first-order valence-electron chi connectivity index (χ1n) is 7.82. The number of nitrogens with one attached hydrogen (secondary N) is 1. The number of nitro groups is 1. The fourth-order valence-electron chi connectivity index (χ4n) is 2.90. The van der Waals surface area contributed by atoms with Gasteiger partial charge in [-0.25, -0.2) is 9.97 Å². The fraction of sp³-hybridized carbons (Fsp3) is 0.312. The summed E-state index contributed by atoms with van der Waals surface area (Å²) in [6.45, 7) is 0.857. The van der Waals surface area contributed by atoms with Crippen LogP contribution in [0.25, 0.3) is 0 Å². The maximum Gasteiger partial charge on any atom is 0.327 e. The quantitative estimate of drug-likeness (QED) is 0.674. The van der Waals surface area contributed by atoms with Crippen LogP contribution in [-0.2, 0) is 4.79 Å². The summed E-state index contributed by atoms with van der Waals surface area (Å²) < 4.78 is 13.8. The molecule has 2 aromatic rings. The van der Waals surface area contributed by atoms with Gasteiger partial charge in [-0.2, -0.15) is 4.39 Å². The van der Waals surface area contributed by atoms with Crippen molar-refractivity contribution in [1.82, 2.24) is 9.97 Å². The number of rotatable bonds is 4. The van der Waals surface area contributed by atoms with Crippen LogP contribution < -0.4 is 10.2 Å².